The van der Waals surface area contributed by atoms with Gasteiger partial charge in [-0.3, -0.25) is 4.79 Å². The largest absolute Gasteiger partial charge is 0.399 e. The fraction of sp³-hybridized carbons (Fsp3) is 0.417. The van der Waals surface area contributed by atoms with Crippen molar-refractivity contribution in [2.45, 2.75) is 24.8 Å². The lowest BCUT2D eigenvalue weighted by molar-refractivity contribution is -0.0438. The zero-order valence-electron chi connectivity index (χ0n) is 8.79. The number of carbonyl (C=O) groups excluding carboxylic acids is 1. The molecule has 0 saturated heterocycles. The molecule has 0 aliphatic heterocycles. The maximum absolute atomic E-state index is 12.1. The Bertz CT molecular complexity index is 455. The first kappa shape index (κ1) is 10.1. The Labute approximate surface area is 103 Å². The zero-order valence-corrected chi connectivity index (χ0v) is 10.4. The quantitative estimate of drug-likeness (QED) is 0.817. The predicted octanol–water partition coefficient (Wildman–Crippen LogP) is 2.31. The van der Waals surface area contributed by atoms with Gasteiger partial charge in [-0.15, -0.1) is 0 Å². The van der Waals surface area contributed by atoms with Crippen LogP contribution in [0.15, 0.2) is 22.7 Å². The number of hydrogen-bond acceptors (Lipinski definition) is 2. The van der Waals surface area contributed by atoms with E-state index in [2.05, 4.69) is 21.2 Å². The summed E-state index contributed by atoms with van der Waals surface area (Å²) in [5.41, 5.74) is 7.05. The van der Waals surface area contributed by atoms with Gasteiger partial charge >= 0.3 is 0 Å². The Morgan fingerprint density at radius 2 is 2.12 bits per heavy atom. The van der Waals surface area contributed by atoms with Crippen molar-refractivity contribution in [3.05, 3.63) is 28.2 Å². The number of hydrogen-bond donors (Lipinski definition) is 2. The number of halogens is 1. The van der Waals surface area contributed by atoms with Crippen LogP contribution in [-0.4, -0.2) is 11.4 Å². The van der Waals surface area contributed by atoms with Gasteiger partial charge in [0.1, 0.15) is 0 Å². The third-order valence-corrected chi connectivity index (χ3v) is 4.34. The second-order valence-electron chi connectivity index (χ2n) is 4.95. The number of rotatable bonds is 2. The van der Waals surface area contributed by atoms with Gasteiger partial charge in [0.2, 0.25) is 0 Å². The topological polar surface area (TPSA) is 55.1 Å². The number of nitrogens with one attached hydrogen (secondary N) is 1. The standard InChI is InChI=1S/C12H13BrN2O/c13-10-2-1-8(14)3-9(10)11(16)15-12-4-7(5-12)6-12/h1-3,7H,4-6,14H2,(H,15,16). The van der Waals surface area contributed by atoms with Gasteiger partial charge in [-0.05, 0) is 59.3 Å². The van der Waals surface area contributed by atoms with Crippen LogP contribution in [-0.2, 0) is 0 Å². The van der Waals surface area contributed by atoms with Crippen LogP contribution in [0, 0.1) is 5.92 Å². The molecule has 0 aromatic heterocycles. The van der Waals surface area contributed by atoms with Crippen LogP contribution in [0.1, 0.15) is 29.6 Å². The molecule has 0 spiro atoms. The lowest BCUT2D eigenvalue weighted by Gasteiger charge is -2.61. The van der Waals surface area contributed by atoms with Crippen molar-refractivity contribution in [3.63, 3.8) is 0 Å². The molecular weight excluding hydrogens is 268 g/mol. The summed E-state index contributed by atoms with van der Waals surface area (Å²) in [6.45, 7) is 0. The molecule has 0 radical (unpaired) electrons. The summed E-state index contributed by atoms with van der Waals surface area (Å²) in [4.78, 5) is 12.1. The molecule has 3 fully saturated rings. The molecule has 0 unspecified atom stereocenters. The minimum Gasteiger partial charge on any atom is -0.399 e. The van der Waals surface area contributed by atoms with Gasteiger partial charge in [0.15, 0.2) is 0 Å². The number of nitrogen functional groups attached to an aromatic ring is 1. The maximum atomic E-state index is 12.1. The van der Waals surface area contributed by atoms with Gasteiger partial charge < -0.3 is 11.1 Å². The van der Waals surface area contributed by atoms with E-state index < -0.39 is 0 Å². The Balaban J connectivity index is 1.80. The number of carbonyl (C=O) groups is 1. The van der Waals surface area contributed by atoms with Crippen molar-refractivity contribution < 1.29 is 4.79 Å². The van der Waals surface area contributed by atoms with E-state index in [9.17, 15) is 4.79 Å². The van der Waals surface area contributed by atoms with Crippen LogP contribution in [0.4, 0.5) is 5.69 Å². The second-order valence-corrected chi connectivity index (χ2v) is 5.81. The normalized spacial score (nSPS) is 30.2. The van der Waals surface area contributed by atoms with E-state index in [1.54, 1.807) is 12.1 Å². The molecule has 4 heteroatoms. The van der Waals surface area contributed by atoms with E-state index >= 15 is 0 Å². The molecule has 3 nitrogen and oxygen atoms in total. The third kappa shape index (κ3) is 1.44. The summed E-state index contributed by atoms with van der Waals surface area (Å²) in [5.74, 6) is 0.849. The van der Waals surface area contributed by atoms with Gasteiger partial charge in [-0.1, -0.05) is 0 Å². The Morgan fingerprint density at radius 3 is 2.69 bits per heavy atom. The van der Waals surface area contributed by atoms with Crippen LogP contribution in [0.3, 0.4) is 0 Å². The molecule has 1 amide bonds. The fourth-order valence-electron chi connectivity index (χ4n) is 2.66. The monoisotopic (exact) mass is 280 g/mol. The van der Waals surface area contributed by atoms with Gasteiger partial charge in [0, 0.05) is 15.7 Å². The van der Waals surface area contributed by atoms with Crippen LogP contribution in [0.25, 0.3) is 0 Å². The smallest absolute Gasteiger partial charge is 0.252 e. The molecule has 3 saturated carbocycles. The van der Waals surface area contributed by atoms with Gasteiger partial charge in [0.25, 0.3) is 5.91 Å². The van der Waals surface area contributed by atoms with Gasteiger partial charge in [-0.25, -0.2) is 0 Å². The van der Waals surface area contributed by atoms with E-state index in [4.69, 9.17) is 5.73 Å². The Hall–Kier alpha value is -1.03. The molecule has 4 rings (SSSR count). The number of benzene rings is 1. The Kier molecular flexibility index (Phi) is 2.05. The zero-order chi connectivity index (χ0) is 11.3. The number of nitrogens with two attached hydrogens (primary N) is 1. The molecule has 0 heterocycles. The highest BCUT2D eigenvalue weighted by Crippen LogP contribution is 2.57. The highest BCUT2D eigenvalue weighted by molar-refractivity contribution is 9.10. The van der Waals surface area contributed by atoms with E-state index in [1.165, 1.54) is 0 Å². The van der Waals surface area contributed by atoms with Crippen LogP contribution < -0.4 is 11.1 Å². The minimum atomic E-state index is -0.0164. The van der Waals surface area contributed by atoms with Crippen molar-refractivity contribution in [2.75, 3.05) is 5.73 Å². The van der Waals surface area contributed by atoms with E-state index in [0.29, 0.717) is 11.3 Å². The summed E-state index contributed by atoms with van der Waals surface area (Å²) in [7, 11) is 0. The van der Waals surface area contributed by atoms with Crippen molar-refractivity contribution in [1.82, 2.24) is 5.32 Å². The summed E-state index contributed by atoms with van der Waals surface area (Å²) >= 11 is 3.37. The average molecular weight is 281 g/mol. The maximum Gasteiger partial charge on any atom is 0.252 e. The summed E-state index contributed by atoms with van der Waals surface area (Å²) in [6, 6.07) is 5.30. The van der Waals surface area contributed by atoms with Crippen molar-refractivity contribution in [3.8, 4) is 0 Å². The van der Waals surface area contributed by atoms with Crippen LogP contribution in [0.2, 0.25) is 0 Å². The van der Waals surface area contributed by atoms with E-state index in [-0.39, 0.29) is 11.4 Å². The fourth-order valence-corrected chi connectivity index (χ4v) is 3.08. The molecule has 1 aromatic carbocycles. The molecule has 16 heavy (non-hydrogen) atoms. The molecule has 0 atom stereocenters. The van der Waals surface area contributed by atoms with Crippen molar-refractivity contribution >= 4 is 27.5 Å². The van der Waals surface area contributed by atoms with Crippen LogP contribution >= 0.6 is 15.9 Å². The molecule has 1 aromatic rings. The van der Waals surface area contributed by atoms with Crippen molar-refractivity contribution in [1.29, 1.82) is 0 Å². The van der Waals surface area contributed by atoms with E-state index in [0.717, 1.165) is 29.7 Å². The predicted molar refractivity (Wildman–Crippen MR) is 66.1 cm³/mol. The minimum absolute atomic E-state index is 0.0164. The molecule has 3 aliphatic carbocycles. The molecule has 84 valence electrons. The molecule has 3 N–H and O–H groups in total. The first-order chi connectivity index (χ1) is 7.58. The highest BCUT2D eigenvalue weighted by atomic mass is 79.9. The lowest BCUT2D eigenvalue weighted by Crippen LogP contribution is -2.68. The highest BCUT2D eigenvalue weighted by Gasteiger charge is 2.57. The summed E-state index contributed by atoms with van der Waals surface area (Å²) < 4.78 is 0.797. The van der Waals surface area contributed by atoms with E-state index in [1.807, 2.05) is 6.07 Å². The molecule has 3 aliphatic rings. The molecular formula is C12H13BrN2O. The number of anilines is 1. The summed E-state index contributed by atoms with van der Waals surface area (Å²) in [6.07, 6.45) is 3.45. The third-order valence-electron chi connectivity index (χ3n) is 3.65. The Morgan fingerprint density at radius 1 is 1.44 bits per heavy atom. The molecule has 2 bridgehead atoms. The number of amides is 1. The van der Waals surface area contributed by atoms with Gasteiger partial charge in [-0.2, -0.15) is 0 Å². The summed E-state index contributed by atoms with van der Waals surface area (Å²) in [5, 5.41) is 3.12. The SMILES string of the molecule is Nc1ccc(Br)c(C(=O)NC23CC(C2)C3)c1. The first-order valence-corrected chi connectivity index (χ1v) is 6.25. The van der Waals surface area contributed by atoms with Crippen molar-refractivity contribution in [2.24, 2.45) is 5.92 Å². The van der Waals surface area contributed by atoms with Crippen LogP contribution in [0.5, 0.6) is 0 Å². The van der Waals surface area contributed by atoms with Gasteiger partial charge in [0.05, 0.1) is 5.56 Å². The second kappa shape index (κ2) is 3.23. The first-order valence-electron chi connectivity index (χ1n) is 5.46. The lowest BCUT2D eigenvalue weighted by atomic mass is 9.50. The average Bonchev–Trinajstić information content (AvgIpc) is 2.13.